The Morgan fingerprint density at radius 1 is 1.19 bits per heavy atom. The van der Waals surface area contributed by atoms with Crippen molar-refractivity contribution in [3.63, 3.8) is 0 Å². The zero-order chi connectivity index (χ0) is 11.6. The van der Waals surface area contributed by atoms with E-state index in [0.29, 0.717) is 0 Å². The van der Waals surface area contributed by atoms with Crippen molar-refractivity contribution in [1.82, 2.24) is 5.32 Å². The van der Waals surface area contributed by atoms with Crippen molar-refractivity contribution >= 4 is 11.8 Å². The molecule has 0 unspecified atom stereocenters. The zero-order valence-corrected chi connectivity index (χ0v) is 12.0. The van der Waals surface area contributed by atoms with Gasteiger partial charge >= 0.3 is 0 Å². The number of hydrogen-bond donors (Lipinski definition) is 1. The Morgan fingerprint density at radius 2 is 1.94 bits per heavy atom. The van der Waals surface area contributed by atoms with E-state index in [4.69, 9.17) is 0 Å². The minimum Gasteiger partial charge on any atom is -0.316 e. The lowest BCUT2D eigenvalue weighted by Crippen LogP contribution is -2.19. The Kier molecular flexibility index (Phi) is 8.40. The fraction of sp³-hybridized carbons (Fsp3) is 1.00. The molecule has 0 aromatic heterocycles. The molecule has 0 atom stereocenters. The summed E-state index contributed by atoms with van der Waals surface area (Å²) in [6, 6.07) is 0. The maximum Gasteiger partial charge on any atom is 0.00582 e. The zero-order valence-electron chi connectivity index (χ0n) is 11.1. The second kappa shape index (κ2) is 9.35. The molecule has 0 aliphatic heterocycles. The normalized spacial score (nSPS) is 17.4. The lowest BCUT2D eigenvalue weighted by Gasteiger charge is -2.09. The SMILES string of the molecule is CC(C)CCCNCCSCC1CCCC1. The molecular weight excluding hydrogens is 214 g/mol. The van der Waals surface area contributed by atoms with Gasteiger partial charge in [-0.05, 0) is 49.8 Å². The van der Waals surface area contributed by atoms with Gasteiger partial charge in [-0.15, -0.1) is 0 Å². The van der Waals surface area contributed by atoms with Crippen LogP contribution in [0, 0.1) is 11.8 Å². The van der Waals surface area contributed by atoms with Gasteiger partial charge in [-0.25, -0.2) is 0 Å². The van der Waals surface area contributed by atoms with E-state index in [1.165, 1.54) is 63.1 Å². The Balaban J connectivity index is 1.74. The summed E-state index contributed by atoms with van der Waals surface area (Å²) in [5, 5.41) is 3.55. The van der Waals surface area contributed by atoms with Crippen LogP contribution in [0.4, 0.5) is 0 Å². The predicted octanol–water partition coefficient (Wildman–Crippen LogP) is 3.94. The summed E-state index contributed by atoms with van der Waals surface area (Å²) in [6.07, 6.45) is 8.66. The van der Waals surface area contributed by atoms with Gasteiger partial charge in [0.1, 0.15) is 0 Å². The van der Waals surface area contributed by atoms with E-state index in [9.17, 15) is 0 Å². The molecule has 0 saturated heterocycles. The quantitative estimate of drug-likeness (QED) is 0.616. The van der Waals surface area contributed by atoms with E-state index in [1.54, 1.807) is 0 Å². The summed E-state index contributed by atoms with van der Waals surface area (Å²) in [5.74, 6) is 4.62. The summed E-state index contributed by atoms with van der Waals surface area (Å²) in [6.45, 7) is 7.02. The summed E-state index contributed by atoms with van der Waals surface area (Å²) < 4.78 is 0. The van der Waals surface area contributed by atoms with Gasteiger partial charge in [-0.3, -0.25) is 0 Å². The largest absolute Gasteiger partial charge is 0.316 e. The highest BCUT2D eigenvalue weighted by molar-refractivity contribution is 7.99. The van der Waals surface area contributed by atoms with Crippen molar-refractivity contribution in [2.75, 3.05) is 24.6 Å². The van der Waals surface area contributed by atoms with Crippen LogP contribution in [0.5, 0.6) is 0 Å². The fourth-order valence-corrected chi connectivity index (χ4v) is 3.45. The predicted molar refractivity (Wildman–Crippen MR) is 76.2 cm³/mol. The third-order valence-corrected chi connectivity index (χ3v) is 4.59. The number of hydrogen-bond acceptors (Lipinski definition) is 2. The Labute approximate surface area is 106 Å². The van der Waals surface area contributed by atoms with Crippen LogP contribution in [0.1, 0.15) is 52.4 Å². The molecule has 1 saturated carbocycles. The van der Waals surface area contributed by atoms with Gasteiger partial charge in [-0.1, -0.05) is 26.7 Å². The van der Waals surface area contributed by atoms with Crippen LogP contribution in [0.2, 0.25) is 0 Å². The Hall–Kier alpha value is 0.310. The molecule has 96 valence electrons. The number of rotatable bonds is 9. The highest BCUT2D eigenvalue weighted by Crippen LogP contribution is 2.27. The molecule has 0 heterocycles. The molecule has 1 fully saturated rings. The van der Waals surface area contributed by atoms with Gasteiger partial charge in [0.05, 0.1) is 0 Å². The molecule has 0 bridgehead atoms. The summed E-state index contributed by atoms with van der Waals surface area (Å²) in [4.78, 5) is 0. The van der Waals surface area contributed by atoms with E-state index in [-0.39, 0.29) is 0 Å². The molecule has 0 aromatic rings. The smallest absolute Gasteiger partial charge is 0.00582 e. The molecule has 1 nitrogen and oxygen atoms in total. The topological polar surface area (TPSA) is 12.0 Å². The highest BCUT2D eigenvalue weighted by atomic mass is 32.2. The molecule has 1 rings (SSSR count). The molecule has 0 amide bonds. The first kappa shape index (κ1) is 14.4. The fourth-order valence-electron chi connectivity index (χ4n) is 2.33. The lowest BCUT2D eigenvalue weighted by atomic mass is 10.1. The molecule has 1 aliphatic rings. The van der Waals surface area contributed by atoms with Crippen LogP contribution in [-0.4, -0.2) is 24.6 Å². The molecule has 16 heavy (non-hydrogen) atoms. The minimum absolute atomic E-state index is 0.860. The summed E-state index contributed by atoms with van der Waals surface area (Å²) >= 11 is 2.15. The second-order valence-electron chi connectivity index (χ2n) is 5.51. The minimum atomic E-state index is 0.860. The van der Waals surface area contributed by atoms with Gasteiger partial charge in [-0.2, -0.15) is 11.8 Å². The van der Waals surface area contributed by atoms with Crippen LogP contribution in [-0.2, 0) is 0 Å². The number of thioether (sulfide) groups is 1. The molecule has 1 aliphatic carbocycles. The molecule has 1 N–H and O–H groups in total. The lowest BCUT2D eigenvalue weighted by molar-refractivity contribution is 0.534. The molecule has 0 aromatic carbocycles. The van der Waals surface area contributed by atoms with Crippen LogP contribution >= 0.6 is 11.8 Å². The van der Waals surface area contributed by atoms with Crippen molar-refractivity contribution in [1.29, 1.82) is 0 Å². The maximum atomic E-state index is 3.55. The third-order valence-electron chi connectivity index (χ3n) is 3.39. The van der Waals surface area contributed by atoms with Crippen LogP contribution in [0.25, 0.3) is 0 Å². The van der Waals surface area contributed by atoms with E-state index < -0.39 is 0 Å². The Bertz CT molecular complexity index is 153. The van der Waals surface area contributed by atoms with Crippen molar-refractivity contribution < 1.29 is 0 Å². The summed E-state index contributed by atoms with van der Waals surface area (Å²) in [5.41, 5.74) is 0. The van der Waals surface area contributed by atoms with Gasteiger partial charge in [0.2, 0.25) is 0 Å². The van der Waals surface area contributed by atoms with Crippen molar-refractivity contribution in [2.45, 2.75) is 52.4 Å². The summed E-state index contributed by atoms with van der Waals surface area (Å²) in [7, 11) is 0. The van der Waals surface area contributed by atoms with Gasteiger partial charge in [0.15, 0.2) is 0 Å². The van der Waals surface area contributed by atoms with Gasteiger partial charge in [0.25, 0.3) is 0 Å². The van der Waals surface area contributed by atoms with Crippen molar-refractivity contribution in [3.05, 3.63) is 0 Å². The molecule has 0 radical (unpaired) electrons. The second-order valence-corrected chi connectivity index (χ2v) is 6.66. The van der Waals surface area contributed by atoms with E-state index in [1.807, 2.05) is 0 Å². The van der Waals surface area contributed by atoms with Crippen LogP contribution in [0.15, 0.2) is 0 Å². The van der Waals surface area contributed by atoms with Gasteiger partial charge < -0.3 is 5.32 Å². The molecule has 2 heteroatoms. The van der Waals surface area contributed by atoms with Crippen molar-refractivity contribution in [3.8, 4) is 0 Å². The molecule has 0 spiro atoms. The highest BCUT2D eigenvalue weighted by Gasteiger charge is 2.13. The maximum absolute atomic E-state index is 3.55. The standard InChI is InChI=1S/C14H29NS/c1-13(2)6-5-9-15-10-11-16-12-14-7-3-4-8-14/h13-15H,3-12H2,1-2H3. The van der Waals surface area contributed by atoms with E-state index in [2.05, 4.69) is 30.9 Å². The first-order valence-corrected chi connectivity index (χ1v) is 8.23. The first-order chi connectivity index (χ1) is 7.79. The van der Waals surface area contributed by atoms with Crippen LogP contribution < -0.4 is 5.32 Å². The van der Waals surface area contributed by atoms with E-state index >= 15 is 0 Å². The third kappa shape index (κ3) is 7.56. The number of nitrogens with one attached hydrogen (secondary N) is 1. The average molecular weight is 243 g/mol. The van der Waals surface area contributed by atoms with Crippen molar-refractivity contribution in [2.24, 2.45) is 11.8 Å². The first-order valence-electron chi connectivity index (χ1n) is 7.07. The Morgan fingerprint density at radius 3 is 2.62 bits per heavy atom. The molecular formula is C14H29NS. The van der Waals surface area contributed by atoms with E-state index in [0.717, 1.165) is 11.8 Å². The van der Waals surface area contributed by atoms with Crippen LogP contribution in [0.3, 0.4) is 0 Å². The average Bonchev–Trinajstić information content (AvgIpc) is 2.74. The van der Waals surface area contributed by atoms with Gasteiger partial charge in [0, 0.05) is 12.3 Å². The monoisotopic (exact) mass is 243 g/mol.